The van der Waals surface area contributed by atoms with Crippen molar-refractivity contribution >= 4 is 11.8 Å². The minimum Gasteiger partial charge on any atom is -0.497 e. The summed E-state index contributed by atoms with van der Waals surface area (Å²) in [5, 5.41) is 0. The minimum absolute atomic E-state index is 0.00830. The first kappa shape index (κ1) is 22.9. The Hall–Kier alpha value is -3.80. The first-order valence-electron chi connectivity index (χ1n) is 10.4. The molecule has 0 aliphatic rings. The molecule has 166 valence electrons. The fourth-order valence-corrected chi connectivity index (χ4v) is 3.01. The van der Waals surface area contributed by atoms with E-state index < -0.39 is 5.97 Å². The van der Waals surface area contributed by atoms with Crippen molar-refractivity contribution in [2.24, 2.45) is 0 Å². The van der Waals surface area contributed by atoms with E-state index in [2.05, 4.69) is 0 Å². The predicted molar refractivity (Wildman–Crippen MR) is 120 cm³/mol. The second-order valence-electron chi connectivity index (χ2n) is 6.94. The predicted octanol–water partition coefficient (Wildman–Crippen LogP) is 5.59. The van der Waals surface area contributed by atoms with E-state index in [4.69, 9.17) is 18.9 Å². The van der Waals surface area contributed by atoms with Gasteiger partial charge in [0.15, 0.2) is 5.78 Å². The highest BCUT2D eigenvalue weighted by atomic mass is 16.5. The second kappa shape index (κ2) is 11.6. The van der Waals surface area contributed by atoms with Crippen molar-refractivity contribution in [2.75, 3.05) is 13.7 Å². The molecule has 0 aliphatic heterocycles. The van der Waals surface area contributed by atoms with Gasteiger partial charge < -0.3 is 18.9 Å². The fourth-order valence-electron chi connectivity index (χ4n) is 3.01. The normalized spacial score (nSPS) is 10.3. The summed E-state index contributed by atoms with van der Waals surface area (Å²) >= 11 is 0. The molecule has 0 unspecified atom stereocenters. The number of esters is 1. The molecule has 0 spiro atoms. The minimum atomic E-state index is -0.404. The molecule has 0 saturated carbocycles. The third-order valence-electron chi connectivity index (χ3n) is 4.65. The molecule has 6 heteroatoms. The molecule has 0 amide bonds. The number of benzene rings is 3. The summed E-state index contributed by atoms with van der Waals surface area (Å²) in [4.78, 5) is 24.6. The summed E-state index contributed by atoms with van der Waals surface area (Å²) in [5.74, 6) is 1.62. The van der Waals surface area contributed by atoms with Gasteiger partial charge in [0.1, 0.15) is 29.6 Å². The summed E-state index contributed by atoms with van der Waals surface area (Å²) in [7, 11) is 1.60. The number of ether oxygens (including phenoxy) is 4. The summed E-state index contributed by atoms with van der Waals surface area (Å²) in [6, 6.07) is 21.9. The van der Waals surface area contributed by atoms with Gasteiger partial charge in [0.2, 0.25) is 0 Å². The van der Waals surface area contributed by atoms with E-state index in [1.54, 1.807) is 56.5 Å². The number of ketones is 1. The fraction of sp³-hybridized carbons (Fsp3) is 0.231. The second-order valence-corrected chi connectivity index (χ2v) is 6.94. The van der Waals surface area contributed by atoms with Gasteiger partial charge in [-0.05, 0) is 55.0 Å². The van der Waals surface area contributed by atoms with E-state index >= 15 is 0 Å². The lowest BCUT2D eigenvalue weighted by atomic mass is 10.0. The molecule has 0 aliphatic carbocycles. The van der Waals surface area contributed by atoms with Crippen LogP contribution in [0.1, 0.15) is 35.7 Å². The van der Waals surface area contributed by atoms with Gasteiger partial charge in [-0.15, -0.1) is 0 Å². The Morgan fingerprint density at radius 2 is 1.50 bits per heavy atom. The molecule has 3 aromatic carbocycles. The maximum Gasteiger partial charge on any atom is 0.306 e. The van der Waals surface area contributed by atoms with Gasteiger partial charge in [-0.2, -0.15) is 0 Å². The van der Waals surface area contributed by atoms with Gasteiger partial charge in [-0.1, -0.05) is 30.3 Å². The summed E-state index contributed by atoms with van der Waals surface area (Å²) in [5.41, 5.74) is 1.34. The molecule has 0 aromatic heterocycles. The van der Waals surface area contributed by atoms with E-state index in [0.717, 1.165) is 11.3 Å². The van der Waals surface area contributed by atoms with Crippen molar-refractivity contribution in [1.29, 1.82) is 0 Å². The van der Waals surface area contributed by atoms with Crippen molar-refractivity contribution in [2.45, 2.75) is 26.4 Å². The number of hydrogen-bond donors (Lipinski definition) is 0. The summed E-state index contributed by atoms with van der Waals surface area (Å²) < 4.78 is 21.9. The van der Waals surface area contributed by atoms with E-state index in [0.29, 0.717) is 29.4 Å². The van der Waals surface area contributed by atoms with Crippen LogP contribution in [-0.2, 0) is 16.1 Å². The van der Waals surface area contributed by atoms with Crippen LogP contribution >= 0.6 is 0 Å². The molecule has 0 saturated heterocycles. The van der Waals surface area contributed by atoms with Crippen molar-refractivity contribution in [3.05, 3.63) is 83.9 Å². The number of methoxy groups -OCH3 is 1. The number of carbonyl (C=O) groups is 2. The van der Waals surface area contributed by atoms with Gasteiger partial charge >= 0.3 is 5.97 Å². The average Bonchev–Trinajstić information content (AvgIpc) is 2.83. The van der Waals surface area contributed by atoms with Gasteiger partial charge in [0.05, 0.1) is 25.7 Å². The van der Waals surface area contributed by atoms with Crippen LogP contribution in [-0.4, -0.2) is 25.5 Å². The van der Waals surface area contributed by atoms with Crippen LogP contribution < -0.4 is 14.2 Å². The lowest BCUT2D eigenvalue weighted by Gasteiger charge is -2.14. The smallest absolute Gasteiger partial charge is 0.306 e. The molecular formula is C26H26O6. The Kier molecular flexibility index (Phi) is 8.26. The van der Waals surface area contributed by atoms with Crippen molar-refractivity contribution < 1.29 is 28.5 Å². The van der Waals surface area contributed by atoms with Crippen molar-refractivity contribution in [3.63, 3.8) is 0 Å². The zero-order valence-electron chi connectivity index (χ0n) is 18.2. The molecule has 0 atom stereocenters. The van der Waals surface area contributed by atoms with E-state index in [9.17, 15) is 9.59 Å². The molecule has 0 heterocycles. The zero-order chi connectivity index (χ0) is 22.8. The van der Waals surface area contributed by atoms with E-state index in [1.165, 1.54) is 0 Å². The average molecular weight is 434 g/mol. The molecule has 32 heavy (non-hydrogen) atoms. The van der Waals surface area contributed by atoms with Crippen LogP contribution in [0.15, 0.2) is 72.8 Å². The first-order chi connectivity index (χ1) is 15.6. The molecular weight excluding hydrogens is 408 g/mol. The van der Waals surface area contributed by atoms with Crippen LogP contribution in [0.3, 0.4) is 0 Å². The van der Waals surface area contributed by atoms with Crippen molar-refractivity contribution in [1.82, 2.24) is 0 Å². The maximum atomic E-state index is 12.9. The van der Waals surface area contributed by atoms with Crippen molar-refractivity contribution in [3.8, 4) is 23.0 Å². The Balaban J connectivity index is 1.79. The molecule has 6 nitrogen and oxygen atoms in total. The van der Waals surface area contributed by atoms with Gasteiger partial charge in [-0.25, -0.2) is 0 Å². The molecule has 0 fully saturated rings. The topological polar surface area (TPSA) is 71.1 Å². The summed E-state index contributed by atoms with van der Waals surface area (Å²) in [6.45, 7) is 2.33. The molecule has 0 bridgehead atoms. The highest BCUT2D eigenvalue weighted by Crippen LogP contribution is 2.30. The number of Topliss-reactive ketones (excluding diaryl/α,β-unsaturated/α-hetero) is 1. The summed E-state index contributed by atoms with van der Waals surface area (Å²) in [6.07, 6.45) is 0.0287. The van der Waals surface area contributed by atoms with Crippen LogP contribution in [0.25, 0.3) is 0 Å². The van der Waals surface area contributed by atoms with Crippen LogP contribution in [0.4, 0.5) is 0 Å². The van der Waals surface area contributed by atoms with Crippen LogP contribution in [0, 0.1) is 0 Å². The van der Waals surface area contributed by atoms with Gasteiger partial charge in [-0.3, -0.25) is 9.59 Å². The molecule has 0 N–H and O–H groups in total. The van der Waals surface area contributed by atoms with Crippen LogP contribution in [0.5, 0.6) is 23.0 Å². The molecule has 0 radical (unpaired) electrons. The molecule has 3 rings (SSSR count). The SMILES string of the molecule is CCOC(=O)CCC(=O)c1cc(Oc2ccc(OC)cc2)ccc1OCc1ccccc1. The molecule has 3 aromatic rings. The first-order valence-corrected chi connectivity index (χ1v) is 10.4. The lowest BCUT2D eigenvalue weighted by Crippen LogP contribution is -2.09. The Bertz CT molecular complexity index is 1030. The lowest BCUT2D eigenvalue weighted by molar-refractivity contribution is -0.143. The number of hydrogen-bond acceptors (Lipinski definition) is 6. The largest absolute Gasteiger partial charge is 0.497 e. The highest BCUT2D eigenvalue weighted by molar-refractivity contribution is 6.00. The third-order valence-corrected chi connectivity index (χ3v) is 4.65. The number of rotatable bonds is 11. The van der Waals surface area contributed by atoms with Gasteiger partial charge in [0, 0.05) is 6.42 Å². The Labute approximate surface area is 187 Å². The number of carbonyl (C=O) groups excluding carboxylic acids is 2. The standard InChI is InChI=1S/C26H26O6/c1-3-30-26(28)16-14-24(27)23-17-22(32-21-11-9-20(29-2)10-12-21)13-15-25(23)31-18-19-7-5-4-6-8-19/h4-13,15,17H,3,14,16,18H2,1-2H3. The van der Waals surface area contributed by atoms with E-state index in [-0.39, 0.29) is 25.2 Å². The maximum absolute atomic E-state index is 12.9. The monoisotopic (exact) mass is 434 g/mol. The van der Waals surface area contributed by atoms with E-state index in [1.807, 2.05) is 30.3 Å². The Morgan fingerprint density at radius 1 is 0.812 bits per heavy atom. The third kappa shape index (κ3) is 6.60. The quantitative estimate of drug-likeness (QED) is 0.289. The van der Waals surface area contributed by atoms with Gasteiger partial charge in [0.25, 0.3) is 0 Å². The zero-order valence-corrected chi connectivity index (χ0v) is 18.2. The Morgan fingerprint density at radius 3 is 2.19 bits per heavy atom. The highest BCUT2D eigenvalue weighted by Gasteiger charge is 2.17. The van der Waals surface area contributed by atoms with Crippen LogP contribution in [0.2, 0.25) is 0 Å².